The lowest BCUT2D eigenvalue weighted by Crippen LogP contribution is -2.39. The van der Waals surface area contributed by atoms with E-state index in [4.69, 9.17) is 0 Å². The molecule has 2 aromatic rings. The second kappa shape index (κ2) is 9.07. The van der Waals surface area contributed by atoms with E-state index in [9.17, 15) is 9.59 Å². The molecule has 2 heterocycles. The number of piperidine rings is 1. The highest BCUT2D eigenvalue weighted by atomic mass is 32.2. The zero-order chi connectivity index (χ0) is 21.1. The molecular formula is C21H28N6O2S. The maximum Gasteiger partial charge on any atom is 0.325 e. The van der Waals surface area contributed by atoms with E-state index in [1.54, 1.807) is 19.1 Å². The van der Waals surface area contributed by atoms with E-state index in [1.807, 2.05) is 18.2 Å². The Morgan fingerprint density at radius 3 is 2.47 bits per heavy atom. The summed E-state index contributed by atoms with van der Waals surface area (Å²) in [5, 5.41) is 14.2. The average molecular weight is 429 g/mol. The molecule has 1 aromatic carbocycles. The summed E-state index contributed by atoms with van der Waals surface area (Å²) in [5.41, 5.74) is 0.636. The van der Waals surface area contributed by atoms with Crippen molar-refractivity contribution in [2.75, 3.05) is 23.3 Å². The number of para-hydroxylation sites is 1. The maximum atomic E-state index is 12.5. The number of amides is 3. The molecule has 2 N–H and O–H groups in total. The van der Waals surface area contributed by atoms with Crippen molar-refractivity contribution >= 4 is 35.3 Å². The summed E-state index contributed by atoms with van der Waals surface area (Å²) < 4.78 is 2.19. The van der Waals surface area contributed by atoms with Crippen LogP contribution in [0.1, 0.15) is 45.6 Å². The molecule has 0 bridgehead atoms. The van der Waals surface area contributed by atoms with Crippen molar-refractivity contribution in [3.05, 3.63) is 30.3 Å². The number of nitrogens with one attached hydrogen (secondary N) is 2. The second-order valence-corrected chi connectivity index (χ2v) is 9.43. The van der Waals surface area contributed by atoms with Crippen LogP contribution in [0.15, 0.2) is 35.5 Å². The van der Waals surface area contributed by atoms with Crippen LogP contribution < -0.4 is 15.5 Å². The predicted octanol–water partition coefficient (Wildman–Crippen LogP) is 3.68. The van der Waals surface area contributed by atoms with Gasteiger partial charge in [0.2, 0.25) is 11.9 Å². The first kappa shape index (κ1) is 20.7. The number of thioether (sulfide) groups is 1. The number of rotatable bonds is 6. The molecule has 1 aliphatic heterocycles. The molecular weight excluding hydrogens is 400 g/mol. The third-order valence-corrected chi connectivity index (χ3v) is 6.60. The molecule has 8 nitrogen and oxygen atoms in total. The van der Waals surface area contributed by atoms with Gasteiger partial charge in [-0.1, -0.05) is 36.9 Å². The van der Waals surface area contributed by atoms with Gasteiger partial charge in [0.15, 0.2) is 5.16 Å². The fourth-order valence-corrected chi connectivity index (χ4v) is 4.45. The van der Waals surface area contributed by atoms with Crippen molar-refractivity contribution in [1.82, 2.24) is 20.1 Å². The summed E-state index contributed by atoms with van der Waals surface area (Å²) >= 11 is 1.35. The largest absolute Gasteiger partial charge is 0.341 e. The third-order valence-electron chi connectivity index (χ3n) is 5.54. The molecule has 2 fully saturated rings. The van der Waals surface area contributed by atoms with Gasteiger partial charge in [-0.2, -0.15) is 0 Å². The van der Waals surface area contributed by atoms with E-state index in [0.717, 1.165) is 55.8 Å². The molecule has 1 atom stereocenters. The zero-order valence-electron chi connectivity index (χ0n) is 17.4. The lowest BCUT2D eigenvalue weighted by Gasteiger charge is -2.31. The van der Waals surface area contributed by atoms with Gasteiger partial charge in [0.25, 0.3) is 0 Å². The van der Waals surface area contributed by atoms with E-state index in [0.29, 0.717) is 11.7 Å². The van der Waals surface area contributed by atoms with E-state index < -0.39 is 11.3 Å². The van der Waals surface area contributed by atoms with Crippen LogP contribution in [0.2, 0.25) is 0 Å². The van der Waals surface area contributed by atoms with Crippen LogP contribution >= 0.6 is 11.8 Å². The van der Waals surface area contributed by atoms with Gasteiger partial charge < -0.3 is 10.2 Å². The zero-order valence-corrected chi connectivity index (χ0v) is 18.2. The fourth-order valence-electron chi connectivity index (χ4n) is 3.54. The molecule has 0 radical (unpaired) electrons. The first-order valence-electron chi connectivity index (χ1n) is 10.5. The van der Waals surface area contributed by atoms with Gasteiger partial charge in [0.1, 0.15) is 0 Å². The highest BCUT2D eigenvalue weighted by Gasteiger charge is 2.33. The number of imide groups is 1. The number of hydrogen-bond donors (Lipinski definition) is 2. The minimum absolute atomic E-state index is 0.355. The molecule has 4 rings (SSSR count). The molecule has 1 saturated heterocycles. The Labute approximate surface area is 180 Å². The molecule has 30 heavy (non-hydrogen) atoms. The Bertz CT molecular complexity index is 890. The van der Waals surface area contributed by atoms with Gasteiger partial charge in [0.05, 0.1) is 5.25 Å². The number of benzene rings is 1. The summed E-state index contributed by atoms with van der Waals surface area (Å²) in [4.78, 5) is 27.0. The number of anilines is 2. The summed E-state index contributed by atoms with van der Waals surface area (Å²) in [6.07, 6.45) is 4.55. The van der Waals surface area contributed by atoms with Gasteiger partial charge in [-0.15, -0.1) is 10.2 Å². The number of nitrogens with zero attached hydrogens (tertiary/aromatic N) is 4. The van der Waals surface area contributed by atoms with Crippen LogP contribution in [-0.4, -0.2) is 45.0 Å². The van der Waals surface area contributed by atoms with Crippen LogP contribution in [0.5, 0.6) is 0 Å². The molecule has 1 saturated carbocycles. The topological polar surface area (TPSA) is 92.2 Å². The molecule has 0 spiro atoms. The molecule has 3 amide bonds. The molecule has 1 unspecified atom stereocenters. The maximum absolute atomic E-state index is 12.5. The van der Waals surface area contributed by atoms with Crippen LogP contribution in [0, 0.1) is 5.92 Å². The molecule has 1 aliphatic carbocycles. The number of carbonyl (C=O) groups excluding carboxylic acids is 2. The number of urea groups is 1. The van der Waals surface area contributed by atoms with E-state index >= 15 is 0 Å². The second-order valence-electron chi connectivity index (χ2n) is 8.12. The van der Waals surface area contributed by atoms with E-state index in [-0.39, 0.29) is 5.91 Å². The number of hydrogen-bond acceptors (Lipinski definition) is 6. The van der Waals surface area contributed by atoms with Crippen molar-refractivity contribution in [3.63, 3.8) is 0 Å². The Balaban J connectivity index is 1.38. The lowest BCUT2D eigenvalue weighted by atomic mass is 10.00. The van der Waals surface area contributed by atoms with Crippen LogP contribution in [-0.2, 0) is 4.79 Å². The number of aromatic nitrogens is 3. The minimum Gasteiger partial charge on any atom is -0.341 e. The SMILES string of the molecule is CC1CCN(c2nnc(SC(C)C(=O)NC(=O)Nc3ccccc3)n2C2CC2)CC1. The van der Waals surface area contributed by atoms with Crippen molar-refractivity contribution < 1.29 is 9.59 Å². The molecule has 160 valence electrons. The Hall–Kier alpha value is -2.55. The van der Waals surface area contributed by atoms with Crippen molar-refractivity contribution in [3.8, 4) is 0 Å². The number of carbonyl (C=O) groups is 2. The van der Waals surface area contributed by atoms with Crippen molar-refractivity contribution in [2.45, 2.75) is 56.0 Å². The minimum atomic E-state index is -0.537. The molecule has 1 aromatic heterocycles. The summed E-state index contributed by atoms with van der Waals surface area (Å²) in [6, 6.07) is 8.91. The monoisotopic (exact) mass is 428 g/mol. The average Bonchev–Trinajstić information content (AvgIpc) is 3.49. The first-order valence-corrected chi connectivity index (χ1v) is 11.4. The summed E-state index contributed by atoms with van der Waals surface area (Å²) in [5.74, 6) is 1.31. The smallest absolute Gasteiger partial charge is 0.325 e. The van der Waals surface area contributed by atoms with E-state index in [1.165, 1.54) is 11.8 Å². The fraction of sp³-hybridized carbons (Fsp3) is 0.524. The quantitative estimate of drug-likeness (QED) is 0.682. The van der Waals surface area contributed by atoms with Crippen LogP contribution in [0.25, 0.3) is 0 Å². The van der Waals surface area contributed by atoms with Crippen molar-refractivity contribution in [2.24, 2.45) is 5.92 Å². The third kappa shape index (κ3) is 4.95. The van der Waals surface area contributed by atoms with Gasteiger partial charge >= 0.3 is 6.03 Å². The van der Waals surface area contributed by atoms with Crippen molar-refractivity contribution in [1.29, 1.82) is 0 Å². The molecule has 2 aliphatic rings. The Kier molecular flexibility index (Phi) is 6.26. The molecule has 9 heteroatoms. The van der Waals surface area contributed by atoms with Gasteiger partial charge in [0, 0.05) is 24.8 Å². The first-order chi connectivity index (χ1) is 14.5. The van der Waals surface area contributed by atoms with Crippen LogP contribution in [0.4, 0.5) is 16.4 Å². The van der Waals surface area contributed by atoms with Gasteiger partial charge in [-0.3, -0.25) is 14.7 Å². The highest BCUT2D eigenvalue weighted by molar-refractivity contribution is 8.00. The standard InChI is InChI=1S/C21H28N6O2S/c1-14-10-12-26(13-11-14)20-24-25-21(27(20)17-8-9-17)30-15(2)18(28)23-19(29)22-16-6-4-3-5-7-16/h3-7,14-15,17H,8-13H2,1-2H3,(H2,22,23,28,29). The Morgan fingerprint density at radius 2 is 1.80 bits per heavy atom. The lowest BCUT2D eigenvalue weighted by molar-refractivity contribution is -0.119. The van der Waals surface area contributed by atoms with Gasteiger partial charge in [-0.05, 0) is 50.7 Å². The predicted molar refractivity (Wildman–Crippen MR) is 118 cm³/mol. The summed E-state index contributed by atoms with van der Waals surface area (Å²) in [6.45, 7) is 6.06. The van der Waals surface area contributed by atoms with E-state index in [2.05, 4.69) is 37.2 Å². The van der Waals surface area contributed by atoms with Gasteiger partial charge in [-0.25, -0.2) is 4.79 Å². The normalized spacial score (nSPS) is 18.1. The highest BCUT2D eigenvalue weighted by Crippen LogP contribution is 2.42. The Morgan fingerprint density at radius 1 is 1.10 bits per heavy atom. The summed E-state index contributed by atoms with van der Waals surface area (Å²) in [7, 11) is 0. The van der Waals surface area contributed by atoms with Crippen LogP contribution in [0.3, 0.4) is 0 Å².